The van der Waals surface area contributed by atoms with Crippen LogP contribution in [0.15, 0.2) is 48.5 Å². The fraction of sp³-hybridized carbons (Fsp3) is 0.318. The van der Waals surface area contributed by atoms with Gasteiger partial charge in [-0.3, -0.25) is 9.69 Å². The highest BCUT2D eigenvalue weighted by molar-refractivity contribution is 5.92. The van der Waals surface area contributed by atoms with E-state index in [1.54, 1.807) is 13.2 Å². The zero-order valence-electron chi connectivity index (χ0n) is 16.0. The van der Waals surface area contributed by atoms with E-state index in [-0.39, 0.29) is 12.7 Å². The summed E-state index contributed by atoms with van der Waals surface area (Å²) in [6.07, 6.45) is 3.46. The third kappa shape index (κ3) is 4.28. The van der Waals surface area contributed by atoms with Crippen molar-refractivity contribution in [1.82, 2.24) is 9.80 Å². The lowest BCUT2D eigenvalue weighted by Crippen LogP contribution is -2.47. The van der Waals surface area contributed by atoms with Gasteiger partial charge in [-0.2, -0.15) is 0 Å². The number of rotatable bonds is 5. The van der Waals surface area contributed by atoms with Crippen molar-refractivity contribution in [1.29, 1.82) is 0 Å². The van der Waals surface area contributed by atoms with Crippen LogP contribution in [0.25, 0.3) is 6.08 Å². The molecule has 1 fully saturated rings. The average Bonchev–Trinajstić information content (AvgIpc) is 3.21. The SMILES string of the molecule is COc1ccc(CN2CCN(C(=O)/C=C/c3ccc4c(c3)OCO4)CC2)cc1. The predicted molar refractivity (Wildman–Crippen MR) is 106 cm³/mol. The third-order valence-corrected chi connectivity index (χ3v) is 5.06. The number of carbonyl (C=O) groups is 1. The van der Waals surface area contributed by atoms with Gasteiger partial charge in [-0.05, 0) is 41.5 Å². The van der Waals surface area contributed by atoms with Crippen LogP contribution in [0.4, 0.5) is 0 Å². The first kappa shape index (κ1) is 18.4. The first-order valence-corrected chi connectivity index (χ1v) is 9.43. The first-order chi connectivity index (χ1) is 13.7. The molecule has 0 unspecified atom stereocenters. The molecule has 146 valence electrons. The molecule has 0 saturated carbocycles. The van der Waals surface area contributed by atoms with Crippen molar-refractivity contribution in [2.24, 2.45) is 0 Å². The van der Waals surface area contributed by atoms with E-state index in [0.29, 0.717) is 0 Å². The summed E-state index contributed by atoms with van der Waals surface area (Å²) in [7, 11) is 1.67. The zero-order chi connectivity index (χ0) is 19.3. The molecule has 2 aromatic carbocycles. The van der Waals surface area contributed by atoms with E-state index >= 15 is 0 Å². The smallest absolute Gasteiger partial charge is 0.246 e. The van der Waals surface area contributed by atoms with Crippen LogP contribution in [0.1, 0.15) is 11.1 Å². The monoisotopic (exact) mass is 380 g/mol. The molecule has 0 bridgehead atoms. The lowest BCUT2D eigenvalue weighted by molar-refractivity contribution is -0.127. The Kier molecular flexibility index (Phi) is 5.48. The normalized spacial score (nSPS) is 16.5. The van der Waals surface area contributed by atoms with Crippen molar-refractivity contribution in [3.8, 4) is 17.2 Å². The summed E-state index contributed by atoms with van der Waals surface area (Å²) in [5.41, 5.74) is 2.18. The topological polar surface area (TPSA) is 51.2 Å². The lowest BCUT2D eigenvalue weighted by atomic mass is 10.1. The Morgan fingerprint density at radius 3 is 2.54 bits per heavy atom. The summed E-state index contributed by atoms with van der Waals surface area (Å²) < 4.78 is 15.9. The largest absolute Gasteiger partial charge is 0.497 e. The number of benzene rings is 2. The first-order valence-electron chi connectivity index (χ1n) is 9.43. The Morgan fingerprint density at radius 2 is 1.79 bits per heavy atom. The maximum absolute atomic E-state index is 12.5. The fourth-order valence-corrected chi connectivity index (χ4v) is 3.41. The Hall–Kier alpha value is -2.99. The Balaban J connectivity index is 1.27. The van der Waals surface area contributed by atoms with Crippen LogP contribution >= 0.6 is 0 Å². The van der Waals surface area contributed by atoms with Gasteiger partial charge in [0.1, 0.15) is 5.75 Å². The third-order valence-electron chi connectivity index (χ3n) is 5.06. The average molecular weight is 380 g/mol. The van der Waals surface area contributed by atoms with Gasteiger partial charge in [0, 0.05) is 38.8 Å². The molecule has 0 aromatic heterocycles. The molecule has 2 heterocycles. The molecular formula is C22H24N2O4. The molecule has 1 saturated heterocycles. The van der Waals surface area contributed by atoms with Crippen LogP contribution in [0, 0.1) is 0 Å². The number of ether oxygens (including phenoxy) is 3. The van der Waals surface area contributed by atoms with Gasteiger partial charge < -0.3 is 19.1 Å². The standard InChI is InChI=1S/C22H24N2O4/c1-26-19-6-2-18(3-7-19)15-23-10-12-24(13-11-23)22(25)9-5-17-4-8-20-21(14-17)28-16-27-20/h2-9,14H,10-13,15-16H2,1H3/b9-5+. The number of nitrogens with zero attached hydrogens (tertiary/aromatic N) is 2. The van der Waals surface area contributed by atoms with Gasteiger partial charge in [-0.15, -0.1) is 0 Å². The van der Waals surface area contributed by atoms with Gasteiger partial charge in [0.2, 0.25) is 12.7 Å². The number of carbonyl (C=O) groups excluding carboxylic acids is 1. The van der Waals surface area contributed by atoms with Crippen LogP contribution in [0.3, 0.4) is 0 Å². The molecule has 6 heteroatoms. The highest BCUT2D eigenvalue weighted by Crippen LogP contribution is 2.32. The second kappa shape index (κ2) is 8.35. The number of piperazine rings is 1. The Morgan fingerprint density at radius 1 is 1.04 bits per heavy atom. The molecule has 0 spiro atoms. The quantitative estimate of drug-likeness (QED) is 0.747. The molecule has 1 amide bonds. The second-order valence-electron chi connectivity index (χ2n) is 6.90. The van der Waals surface area contributed by atoms with Crippen LogP contribution in [0.5, 0.6) is 17.2 Å². The molecule has 0 atom stereocenters. The van der Waals surface area contributed by atoms with Crippen molar-refractivity contribution in [3.05, 3.63) is 59.7 Å². The Bertz CT molecular complexity index is 855. The molecular weight excluding hydrogens is 356 g/mol. The van der Waals surface area contributed by atoms with Gasteiger partial charge in [0.15, 0.2) is 11.5 Å². The van der Waals surface area contributed by atoms with E-state index in [4.69, 9.17) is 14.2 Å². The maximum Gasteiger partial charge on any atom is 0.246 e. The van der Waals surface area contributed by atoms with Crippen molar-refractivity contribution >= 4 is 12.0 Å². The molecule has 2 aliphatic heterocycles. The van der Waals surface area contributed by atoms with Gasteiger partial charge in [-0.1, -0.05) is 18.2 Å². The highest BCUT2D eigenvalue weighted by Gasteiger charge is 2.20. The summed E-state index contributed by atoms with van der Waals surface area (Å²) in [4.78, 5) is 16.8. The fourth-order valence-electron chi connectivity index (χ4n) is 3.41. The second-order valence-corrected chi connectivity index (χ2v) is 6.90. The maximum atomic E-state index is 12.5. The van der Waals surface area contributed by atoms with Crippen LogP contribution < -0.4 is 14.2 Å². The minimum Gasteiger partial charge on any atom is -0.497 e. The number of hydrogen-bond acceptors (Lipinski definition) is 5. The van der Waals surface area contributed by atoms with Crippen LogP contribution in [-0.4, -0.2) is 55.8 Å². The summed E-state index contributed by atoms with van der Waals surface area (Å²) >= 11 is 0. The molecule has 6 nitrogen and oxygen atoms in total. The minimum atomic E-state index is 0.0433. The molecule has 2 aromatic rings. The number of methoxy groups -OCH3 is 1. The molecule has 0 radical (unpaired) electrons. The van der Waals surface area contributed by atoms with E-state index in [1.165, 1.54) is 5.56 Å². The molecule has 4 rings (SSSR count). The predicted octanol–water partition coefficient (Wildman–Crippen LogP) is 2.78. The van der Waals surface area contributed by atoms with Crippen molar-refractivity contribution in [2.75, 3.05) is 40.1 Å². The van der Waals surface area contributed by atoms with Crippen molar-refractivity contribution in [3.63, 3.8) is 0 Å². The van der Waals surface area contributed by atoms with Gasteiger partial charge in [0.05, 0.1) is 7.11 Å². The highest BCUT2D eigenvalue weighted by atomic mass is 16.7. The summed E-state index contributed by atoms with van der Waals surface area (Å²) in [6, 6.07) is 13.8. The summed E-state index contributed by atoms with van der Waals surface area (Å²) in [5, 5.41) is 0. The van der Waals surface area contributed by atoms with E-state index in [1.807, 2.05) is 41.3 Å². The van der Waals surface area contributed by atoms with E-state index in [2.05, 4.69) is 17.0 Å². The van der Waals surface area contributed by atoms with E-state index in [9.17, 15) is 4.79 Å². The lowest BCUT2D eigenvalue weighted by Gasteiger charge is -2.34. The molecule has 28 heavy (non-hydrogen) atoms. The summed E-state index contributed by atoms with van der Waals surface area (Å²) in [6.45, 7) is 4.35. The minimum absolute atomic E-state index is 0.0433. The van der Waals surface area contributed by atoms with Crippen molar-refractivity contribution < 1.29 is 19.0 Å². The van der Waals surface area contributed by atoms with Gasteiger partial charge in [-0.25, -0.2) is 0 Å². The van der Waals surface area contributed by atoms with Crippen molar-refractivity contribution in [2.45, 2.75) is 6.54 Å². The Labute approximate surface area is 164 Å². The van der Waals surface area contributed by atoms with E-state index in [0.717, 1.165) is 55.5 Å². The van der Waals surface area contributed by atoms with E-state index < -0.39 is 0 Å². The molecule has 0 N–H and O–H groups in total. The van der Waals surface area contributed by atoms with Gasteiger partial charge in [0.25, 0.3) is 0 Å². The molecule has 2 aliphatic rings. The summed E-state index contributed by atoms with van der Waals surface area (Å²) in [5.74, 6) is 2.38. The van der Waals surface area contributed by atoms with Gasteiger partial charge >= 0.3 is 0 Å². The number of fused-ring (bicyclic) bond motifs is 1. The number of amides is 1. The molecule has 0 aliphatic carbocycles. The number of hydrogen-bond donors (Lipinski definition) is 0. The van der Waals surface area contributed by atoms with Crippen LogP contribution in [-0.2, 0) is 11.3 Å². The van der Waals surface area contributed by atoms with Crippen LogP contribution in [0.2, 0.25) is 0 Å². The zero-order valence-corrected chi connectivity index (χ0v) is 16.0.